The number of nitrogen functional groups attached to an aromatic ring is 1. The summed E-state index contributed by atoms with van der Waals surface area (Å²) in [5, 5.41) is 7.35. The molecule has 0 heterocycles. The molecular formula is C14H12F2N2S. The van der Waals surface area contributed by atoms with Crippen LogP contribution in [0.4, 0.5) is 8.78 Å². The summed E-state index contributed by atoms with van der Waals surface area (Å²) in [5.41, 5.74) is 6.87. The van der Waals surface area contributed by atoms with Gasteiger partial charge in [0.2, 0.25) is 0 Å². The van der Waals surface area contributed by atoms with Crippen molar-refractivity contribution in [1.29, 1.82) is 5.41 Å². The number of amidine groups is 1. The van der Waals surface area contributed by atoms with Crippen LogP contribution in [-0.4, -0.2) is 5.84 Å². The average Bonchev–Trinajstić information content (AvgIpc) is 2.36. The standard InChI is InChI=1S/C14H12F2N2S/c1-8-6-9(14(17)18)2-5-12(8)19-13-7-10(15)3-4-11(13)16/h2-7H,1H3,(H3,17,18). The predicted molar refractivity (Wildman–Crippen MR) is 72.7 cm³/mol. The zero-order valence-corrected chi connectivity index (χ0v) is 11.0. The fourth-order valence-corrected chi connectivity index (χ4v) is 2.54. The highest BCUT2D eigenvalue weighted by atomic mass is 32.2. The first-order valence-corrected chi connectivity index (χ1v) is 6.37. The molecule has 0 saturated heterocycles. The highest BCUT2D eigenvalue weighted by Crippen LogP contribution is 2.32. The van der Waals surface area contributed by atoms with Gasteiger partial charge in [0.1, 0.15) is 17.5 Å². The summed E-state index contributed by atoms with van der Waals surface area (Å²) in [6.07, 6.45) is 0. The van der Waals surface area contributed by atoms with Crippen LogP contribution in [0.2, 0.25) is 0 Å². The van der Waals surface area contributed by atoms with Crippen molar-refractivity contribution >= 4 is 17.6 Å². The average molecular weight is 278 g/mol. The Labute approximate surface area is 114 Å². The van der Waals surface area contributed by atoms with E-state index in [0.717, 1.165) is 34.4 Å². The monoisotopic (exact) mass is 278 g/mol. The number of nitrogens with one attached hydrogen (secondary N) is 1. The lowest BCUT2D eigenvalue weighted by molar-refractivity contribution is 0.577. The fraction of sp³-hybridized carbons (Fsp3) is 0.0714. The molecule has 5 heteroatoms. The van der Waals surface area contributed by atoms with E-state index in [2.05, 4.69) is 0 Å². The van der Waals surface area contributed by atoms with Gasteiger partial charge in [-0.15, -0.1) is 0 Å². The Morgan fingerprint density at radius 3 is 2.47 bits per heavy atom. The van der Waals surface area contributed by atoms with Crippen LogP contribution in [0.15, 0.2) is 46.2 Å². The molecule has 98 valence electrons. The molecule has 0 unspecified atom stereocenters. The minimum atomic E-state index is -0.470. The highest BCUT2D eigenvalue weighted by molar-refractivity contribution is 7.99. The number of benzene rings is 2. The number of rotatable bonds is 3. The molecule has 2 nitrogen and oxygen atoms in total. The second-order valence-corrected chi connectivity index (χ2v) is 5.15. The van der Waals surface area contributed by atoms with Gasteiger partial charge in [0.05, 0.1) is 4.90 Å². The molecule has 0 fully saturated rings. The van der Waals surface area contributed by atoms with Gasteiger partial charge in [-0.1, -0.05) is 17.8 Å². The number of hydrogen-bond acceptors (Lipinski definition) is 2. The van der Waals surface area contributed by atoms with E-state index < -0.39 is 11.6 Å². The van der Waals surface area contributed by atoms with Crippen LogP contribution >= 0.6 is 11.8 Å². The molecule has 0 spiro atoms. The first kappa shape index (κ1) is 13.5. The van der Waals surface area contributed by atoms with Crippen molar-refractivity contribution in [1.82, 2.24) is 0 Å². The Balaban J connectivity index is 2.33. The van der Waals surface area contributed by atoms with E-state index in [4.69, 9.17) is 11.1 Å². The molecule has 0 amide bonds. The van der Waals surface area contributed by atoms with E-state index in [9.17, 15) is 8.78 Å². The van der Waals surface area contributed by atoms with Crippen LogP contribution in [0.3, 0.4) is 0 Å². The SMILES string of the molecule is Cc1cc(C(=N)N)ccc1Sc1cc(F)ccc1F. The van der Waals surface area contributed by atoms with E-state index in [0.29, 0.717) is 5.56 Å². The van der Waals surface area contributed by atoms with Gasteiger partial charge in [-0.05, 0) is 42.8 Å². The molecule has 0 atom stereocenters. The van der Waals surface area contributed by atoms with E-state index >= 15 is 0 Å². The summed E-state index contributed by atoms with van der Waals surface area (Å²) in [4.78, 5) is 1.04. The van der Waals surface area contributed by atoms with Gasteiger partial charge in [0.15, 0.2) is 0 Å². The Morgan fingerprint density at radius 1 is 1.11 bits per heavy atom. The van der Waals surface area contributed by atoms with Crippen molar-refractivity contribution in [3.8, 4) is 0 Å². The smallest absolute Gasteiger partial charge is 0.137 e. The largest absolute Gasteiger partial charge is 0.384 e. The first-order valence-electron chi connectivity index (χ1n) is 5.55. The summed E-state index contributed by atoms with van der Waals surface area (Å²) in [7, 11) is 0. The summed E-state index contributed by atoms with van der Waals surface area (Å²) < 4.78 is 26.6. The lowest BCUT2D eigenvalue weighted by Gasteiger charge is -2.08. The van der Waals surface area contributed by atoms with Gasteiger partial charge < -0.3 is 5.73 Å². The number of nitrogens with two attached hydrogens (primary N) is 1. The van der Waals surface area contributed by atoms with E-state index in [-0.39, 0.29) is 10.7 Å². The predicted octanol–water partition coefficient (Wildman–Crippen LogP) is 3.71. The van der Waals surface area contributed by atoms with Gasteiger partial charge in [-0.2, -0.15) is 0 Å². The van der Waals surface area contributed by atoms with Crippen molar-refractivity contribution in [3.63, 3.8) is 0 Å². The molecule has 2 rings (SSSR count). The van der Waals surface area contributed by atoms with Crippen LogP contribution in [0.25, 0.3) is 0 Å². The van der Waals surface area contributed by atoms with Crippen molar-refractivity contribution in [2.45, 2.75) is 16.7 Å². The highest BCUT2D eigenvalue weighted by Gasteiger charge is 2.09. The summed E-state index contributed by atoms with van der Waals surface area (Å²) >= 11 is 1.15. The van der Waals surface area contributed by atoms with Gasteiger partial charge >= 0.3 is 0 Å². The molecule has 0 aromatic heterocycles. The second-order valence-electron chi connectivity index (χ2n) is 4.07. The summed E-state index contributed by atoms with van der Waals surface area (Å²) in [6.45, 7) is 1.84. The van der Waals surface area contributed by atoms with Crippen LogP contribution < -0.4 is 5.73 Å². The van der Waals surface area contributed by atoms with E-state index in [1.807, 2.05) is 6.92 Å². The minimum absolute atomic E-state index is 0.0170. The molecule has 0 aliphatic carbocycles. The number of hydrogen-bond donors (Lipinski definition) is 2. The van der Waals surface area contributed by atoms with Gasteiger partial charge in [0, 0.05) is 10.5 Å². The number of aryl methyl sites for hydroxylation is 1. The normalized spacial score (nSPS) is 10.5. The quantitative estimate of drug-likeness (QED) is 0.664. The Bertz CT molecular complexity index is 641. The van der Waals surface area contributed by atoms with Gasteiger partial charge in [-0.3, -0.25) is 5.41 Å². The van der Waals surface area contributed by atoms with Crippen molar-refractivity contribution in [3.05, 3.63) is 59.2 Å². The van der Waals surface area contributed by atoms with Crippen LogP contribution in [0.1, 0.15) is 11.1 Å². The van der Waals surface area contributed by atoms with Crippen LogP contribution in [0, 0.1) is 24.0 Å². The molecular weight excluding hydrogens is 266 g/mol. The fourth-order valence-electron chi connectivity index (χ4n) is 1.61. The minimum Gasteiger partial charge on any atom is -0.384 e. The van der Waals surface area contributed by atoms with E-state index in [1.165, 1.54) is 6.07 Å². The third-order valence-electron chi connectivity index (χ3n) is 2.60. The molecule has 3 N–H and O–H groups in total. The second kappa shape index (κ2) is 5.40. The maximum Gasteiger partial charge on any atom is 0.137 e. The lowest BCUT2D eigenvalue weighted by atomic mass is 10.1. The molecule has 2 aromatic carbocycles. The van der Waals surface area contributed by atoms with Crippen molar-refractivity contribution in [2.75, 3.05) is 0 Å². The molecule has 19 heavy (non-hydrogen) atoms. The topological polar surface area (TPSA) is 49.9 Å². The zero-order valence-electron chi connectivity index (χ0n) is 10.2. The molecule has 0 radical (unpaired) electrons. The van der Waals surface area contributed by atoms with Crippen molar-refractivity contribution in [2.24, 2.45) is 5.73 Å². The summed E-state index contributed by atoms with van der Waals surface area (Å²) in [6, 6.07) is 8.55. The first-order chi connectivity index (χ1) is 8.97. The molecule has 2 aromatic rings. The van der Waals surface area contributed by atoms with Gasteiger partial charge in [0.25, 0.3) is 0 Å². The maximum atomic E-state index is 13.6. The third kappa shape index (κ3) is 3.12. The van der Waals surface area contributed by atoms with Crippen molar-refractivity contribution < 1.29 is 8.78 Å². The van der Waals surface area contributed by atoms with E-state index in [1.54, 1.807) is 18.2 Å². The lowest BCUT2D eigenvalue weighted by Crippen LogP contribution is -2.10. The third-order valence-corrected chi connectivity index (χ3v) is 3.81. The number of halogens is 2. The molecule has 0 aliphatic rings. The van der Waals surface area contributed by atoms with Crippen LogP contribution in [0.5, 0.6) is 0 Å². The maximum absolute atomic E-state index is 13.6. The van der Waals surface area contributed by atoms with Crippen LogP contribution in [-0.2, 0) is 0 Å². The summed E-state index contributed by atoms with van der Waals surface area (Å²) in [5.74, 6) is -0.945. The molecule has 0 aliphatic heterocycles. The zero-order chi connectivity index (χ0) is 14.0. The molecule has 0 bridgehead atoms. The molecule has 0 saturated carbocycles. The van der Waals surface area contributed by atoms with Gasteiger partial charge in [-0.25, -0.2) is 8.78 Å². The Hall–Kier alpha value is -1.88. The Morgan fingerprint density at radius 2 is 1.84 bits per heavy atom. The Kier molecular flexibility index (Phi) is 3.85.